The number of hydrogen-bond donors (Lipinski definition) is 1. The molecule has 1 N–H and O–H groups in total. The van der Waals surface area contributed by atoms with Crippen LogP contribution in [-0.2, 0) is 16.0 Å². The summed E-state index contributed by atoms with van der Waals surface area (Å²) in [7, 11) is 0. The molecule has 0 aromatic carbocycles. The average Bonchev–Trinajstić information content (AvgIpc) is 3.50. The van der Waals surface area contributed by atoms with Crippen LogP contribution in [0.4, 0.5) is 4.79 Å². The molecule has 2 saturated heterocycles. The third kappa shape index (κ3) is 4.33. The highest BCUT2D eigenvalue weighted by Gasteiger charge is 2.46. The summed E-state index contributed by atoms with van der Waals surface area (Å²) in [6.45, 7) is 8.41. The molecule has 166 valence electrons. The smallest absolute Gasteiger partial charge is 0.317 e. The van der Waals surface area contributed by atoms with Gasteiger partial charge in [-0.1, -0.05) is 5.16 Å². The number of ether oxygens (including phenoxy) is 1. The normalized spacial score (nSPS) is 23.4. The predicted octanol–water partition coefficient (Wildman–Crippen LogP) is 2.57. The Hall–Kier alpha value is -2.09. The number of hydrogen-bond acceptors (Lipinski definition) is 5. The zero-order chi connectivity index (χ0) is 21.3. The molecule has 3 heterocycles. The monoisotopic (exact) mass is 418 g/mol. The number of nitrogens with one attached hydrogen (secondary N) is 1. The fourth-order valence-electron chi connectivity index (χ4n) is 4.99. The molecule has 8 heteroatoms. The number of rotatable bonds is 5. The molecule has 1 unspecified atom stereocenters. The topological polar surface area (TPSA) is 87.9 Å². The van der Waals surface area contributed by atoms with Crippen molar-refractivity contribution in [2.45, 2.75) is 83.4 Å². The molecule has 3 amide bonds. The second-order valence-corrected chi connectivity index (χ2v) is 9.01. The van der Waals surface area contributed by atoms with Crippen molar-refractivity contribution in [3.05, 3.63) is 17.0 Å². The predicted molar refractivity (Wildman–Crippen MR) is 111 cm³/mol. The first-order valence-electron chi connectivity index (χ1n) is 11.3. The first kappa shape index (κ1) is 21.2. The van der Waals surface area contributed by atoms with Gasteiger partial charge >= 0.3 is 6.03 Å². The highest BCUT2D eigenvalue weighted by molar-refractivity contribution is 5.79. The molecule has 1 aliphatic carbocycles. The van der Waals surface area contributed by atoms with E-state index >= 15 is 0 Å². The number of likely N-dealkylation sites (tertiary alicyclic amines) is 1. The largest absolute Gasteiger partial charge is 0.375 e. The van der Waals surface area contributed by atoms with Gasteiger partial charge in [-0.05, 0) is 59.3 Å². The summed E-state index contributed by atoms with van der Waals surface area (Å²) >= 11 is 0. The van der Waals surface area contributed by atoms with Crippen molar-refractivity contribution >= 4 is 11.9 Å². The van der Waals surface area contributed by atoms with Crippen LogP contribution in [0.15, 0.2) is 4.52 Å². The Morgan fingerprint density at radius 2 is 1.93 bits per heavy atom. The van der Waals surface area contributed by atoms with Crippen molar-refractivity contribution in [2.75, 3.05) is 26.2 Å². The average molecular weight is 419 g/mol. The zero-order valence-electron chi connectivity index (χ0n) is 18.4. The van der Waals surface area contributed by atoms with Gasteiger partial charge in [0.25, 0.3) is 0 Å². The van der Waals surface area contributed by atoms with E-state index in [9.17, 15) is 9.59 Å². The van der Waals surface area contributed by atoms with Crippen LogP contribution in [0.2, 0.25) is 0 Å². The van der Waals surface area contributed by atoms with Crippen molar-refractivity contribution in [3.8, 4) is 0 Å². The molecule has 30 heavy (non-hydrogen) atoms. The van der Waals surface area contributed by atoms with Crippen molar-refractivity contribution in [2.24, 2.45) is 0 Å². The van der Waals surface area contributed by atoms with Crippen LogP contribution in [0.1, 0.15) is 62.5 Å². The quantitative estimate of drug-likeness (QED) is 0.794. The highest BCUT2D eigenvalue weighted by atomic mass is 16.5. The maximum atomic E-state index is 12.8. The van der Waals surface area contributed by atoms with Crippen LogP contribution >= 0.6 is 0 Å². The van der Waals surface area contributed by atoms with E-state index in [0.29, 0.717) is 38.7 Å². The molecule has 0 radical (unpaired) electrons. The van der Waals surface area contributed by atoms with Crippen molar-refractivity contribution in [3.63, 3.8) is 0 Å². The summed E-state index contributed by atoms with van der Waals surface area (Å²) in [5, 5.41) is 6.94. The van der Waals surface area contributed by atoms with Gasteiger partial charge in [-0.25, -0.2) is 4.79 Å². The van der Waals surface area contributed by atoms with Gasteiger partial charge in [-0.2, -0.15) is 0 Å². The fourth-order valence-corrected chi connectivity index (χ4v) is 4.99. The van der Waals surface area contributed by atoms with Crippen LogP contribution in [0.3, 0.4) is 0 Å². The minimum Gasteiger partial charge on any atom is -0.375 e. The summed E-state index contributed by atoms with van der Waals surface area (Å²) < 4.78 is 11.5. The standard InChI is InChI=1S/C22H34N4O4/c1-4-23-21(28)26(17-5-6-17)18-7-12-29-22(14-18)8-10-25(11-9-22)20(27)13-19-15(2)24-30-16(19)3/h17-18H,4-14H2,1-3H3,(H,23,28). The molecular formula is C22H34N4O4. The number of piperidine rings is 1. The Bertz CT molecular complexity index is 761. The molecule has 1 atom stereocenters. The summed E-state index contributed by atoms with van der Waals surface area (Å²) in [6.07, 6.45) is 5.95. The summed E-state index contributed by atoms with van der Waals surface area (Å²) in [5.41, 5.74) is 1.47. The minimum atomic E-state index is -0.220. The zero-order valence-corrected chi connectivity index (χ0v) is 18.4. The third-order valence-corrected chi connectivity index (χ3v) is 6.90. The molecule has 3 fully saturated rings. The van der Waals surface area contributed by atoms with Gasteiger partial charge in [0.15, 0.2) is 0 Å². The first-order chi connectivity index (χ1) is 14.4. The van der Waals surface area contributed by atoms with E-state index in [4.69, 9.17) is 9.26 Å². The molecular weight excluding hydrogens is 384 g/mol. The lowest BCUT2D eigenvalue weighted by atomic mass is 9.81. The van der Waals surface area contributed by atoms with Crippen LogP contribution in [-0.4, -0.2) is 70.8 Å². The number of urea groups is 1. The molecule has 3 aliphatic rings. The Labute approximate surface area is 178 Å². The number of aromatic nitrogens is 1. The van der Waals surface area contributed by atoms with Crippen LogP contribution < -0.4 is 5.32 Å². The number of aryl methyl sites for hydroxylation is 2. The summed E-state index contributed by atoms with van der Waals surface area (Å²) in [5.74, 6) is 0.840. The molecule has 1 aromatic rings. The van der Waals surface area contributed by atoms with Crippen LogP contribution in [0, 0.1) is 13.8 Å². The van der Waals surface area contributed by atoms with E-state index in [2.05, 4.69) is 15.4 Å². The molecule has 8 nitrogen and oxygen atoms in total. The van der Waals surface area contributed by atoms with Crippen LogP contribution in [0.25, 0.3) is 0 Å². The molecule has 1 aromatic heterocycles. The van der Waals surface area contributed by atoms with Crippen molar-refractivity contribution in [1.82, 2.24) is 20.3 Å². The van der Waals surface area contributed by atoms with E-state index in [1.54, 1.807) is 0 Å². The maximum absolute atomic E-state index is 12.8. The van der Waals surface area contributed by atoms with Crippen molar-refractivity contribution in [1.29, 1.82) is 0 Å². The summed E-state index contributed by atoms with van der Waals surface area (Å²) in [6, 6.07) is 0.671. The second kappa shape index (κ2) is 8.57. The lowest BCUT2D eigenvalue weighted by Gasteiger charge is -2.48. The maximum Gasteiger partial charge on any atom is 0.317 e. The minimum absolute atomic E-state index is 0.0640. The summed E-state index contributed by atoms with van der Waals surface area (Å²) in [4.78, 5) is 29.5. The number of carbonyl (C=O) groups excluding carboxylic acids is 2. The Balaban J connectivity index is 1.36. The molecule has 4 rings (SSSR count). The second-order valence-electron chi connectivity index (χ2n) is 9.01. The molecule has 2 aliphatic heterocycles. The third-order valence-electron chi connectivity index (χ3n) is 6.90. The van der Waals surface area contributed by atoms with Gasteiger partial charge in [0.05, 0.1) is 17.7 Å². The van der Waals surface area contributed by atoms with E-state index in [1.807, 2.05) is 25.7 Å². The van der Waals surface area contributed by atoms with E-state index in [-0.39, 0.29) is 23.6 Å². The fraction of sp³-hybridized carbons (Fsp3) is 0.773. The number of nitrogens with zero attached hydrogens (tertiary/aromatic N) is 3. The molecule has 1 spiro atoms. The van der Waals surface area contributed by atoms with Gasteiger partial charge in [-0.3, -0.25) is 4.79 Å². The Kier molecular flexibility index (Phi) is 6.04. The Morgan fingerprint density at radius 1 is 1.20 bits per heavy atom. The Morgan fingerprint density at radius 3 is 2.53 bits per heavy atom. The van der Waals surface area contributed by atoms with Gasteiger partial charge in [-0.15, -0.1) is 0 Å². The van der Waals surface area contributed by atoms with Gasteiger partial charge in [0.1, 0.15) is 5.76 Å². The highest BCUT2D eigenvalue weighted by Crippen LogP contribution is 2.40. The number of carbonyl (C=O) groups is 2. The lowest BCUT2D eigenvalue weighted by molar-refractivity contribution is -0.147. The molecule has 0 bridgehead atoms. The van der Waals surface area contributed by atoms with Gasteiger partial charge < -0.3 is 24.4 Å². The van der Waals surface area contributed by atoms with Crippen molar-refractivity contribution < 1.29 is 18.8 Å². The number of amides is 3. The van der Waals surface area contributed by atoms with Gasteiger partial charge in [0.2, 0.25) is 5.91 Å². The van der Waals surface area contributed by atoms with Crippen LogP contribution in [0.5, 0.6) is 0 Å². The SMILES string of the molecule is CCNC(=O)N(C1CC1)C1CCOC2(CCN(C(=O)Cc3c(C)noc3C)CC2)C1. The van der Waals surface area contributed by atoms with E-state index in [0.717, 1.165) is 55.5 Å². The van der Waals surface area contributed by atoms with Gasteiger partial charge in [0, 0.05) is 43.9 Å². The van der Waals surface area contributed by atoms with E-state index in [1.165, 1.54) is 0 Å². The lowest BCUT2D eigenvalue weighted by Crippen LogP contribution is -2.57. The first-order valence-corrected chi connectivity index (χ1v) is 11.3. The van der Waals surface area contributed by atoms with E-state index < -0.39 is 0 Å². The molecule has 1 saturated carbocycles.